The molecule has 1 aliphatic carbocycles. The maximum Gasteiger partial charge on any atom is 0.147 e. The summed E-state index contributed by atoms with van der Waals surface area (Å²) in [6.07, 6.45) is 5.51. The van der Waals surface area contributed by atoms with Gasteiger partial charge in [0, 0.05) is 23.4 Å². The van der Waals surface area contributed by atoms with E-state index in [0.717, 1.165) is 73.1 Å². The zero-order valence-electron chi connectivity index (χ0n) is 22.6. The molecule has 1 atom stereocenters. The van der Waals surface area contributed by atoms with E-state index in [4.69, 9.17) is 14.7 Å². The highest BCUT2D eigenvalue weighted by Crippen LogP contribution is 2.40. The van der Waals surface area contributed by atoms with Crippen molar-refractivity contribution in [1.82, 2.24) is 25.3 Å². The topological polar surface area (TPSA) is 79.0 Å². The van der Waals surface area contributed by atoms with Crippen molar-refractivity contribution in [2.75, 3.05) is 24.6 Å². The Kier molecular flexibility index (Phi) is 5.65. The highest BCUT2D eigenvalue weighted by molar-refractivity contribution is 5.82. The van der Waals surface area contributed by atoms with Crippen LogP contribution < -0.4 is 15.0 Å². The lowest BCUT2D eigenvalue weighted by atomic mass is 9.76. The van der Waals surface area contributed by atoms with Crippen LogP contribution in [0.1, 0.15) is 67.6 Å². The highest BCUT2D eigenvalue weighted by Gasteiger charge is 2.33. The van der Waals surface area contributed by atoms with Crippen molar-refractivity contribution in [3.05, 3.63) is 64.9 Å². The number of aromatic amines is 1. The minimum Gasteiger partial charge on any atom is -0.491 e. The van der Waals surface area contributed by atoms with Gasteiger partial charge in [0.05, 0.1) is 23.6 Å². The first-order valence-corrected chi connectivity index (χ1v) is 14.0. The molecule has 7 nitrogen and oxygen atoms in total. The maximum atomic E-state index is 6.26. The molecule has 4 aromatic rings. The molecular formula is C31H36N6O. The lowest BCUT2D eigenvalue weighted by Crippen LogP contribution is -2.32. The van der Waals surface area contributed by atoms with Crippen molar-refractivity contribution in [3.63, 3.8) is 0 Å². The molecule has 0 radical (unpaired) electrons. The van der Waals surface area contributed by atoms with Crippen LogP contribution >= 0.6 is 0 Å². The molecule has 0 spiro atoms. The Bertz CT molecular complexity index is 1520. The Hall–Kier alpha value is -3.45. The second-order valence-corrected chi connectivity index (χ2v) is 12.0. The lowest BCUT2D eigenvalue weighted by molar-refractivity contribution is 0.310. The van der Waals surface area contributed by atoms with Crippen molar-refractivity contribution >= 4 is 16.9 Å². The number of aryl methyl sites for hydroxylation is 2. The van der Waals surface area contributed by atoms with Gasteiger partial charge in [0.15, 0.2) is 0 Å². The lowest BCUT2D eigenvalue weighted by Gasteiger charge is -2.34. The van der Waals surface area contributed by atoms with E-state index in [-0.39, 0.29) is 11.5 Å². The number of benzene rings is 2. The molecule has 0 saturated carbocycles. The van der Waals surface area contributed by atoms with Crippen LogP contribution in [0.25, 0.3) is 22.2 Å². The van der Waals surface area contributed by atoms with Gasteiger partial charge in [-0.05, 0) is 86.4 Å². The third-order valence-electron chi connectivity index (χ3n) is 8.43. The van der Waals surface area contributed by atoms with Crippen molar-refractivity contribution < 1.29 is 4.74 Å². The SMILES string of the molecule is Cc1nc2cc(-c3ccc4c(c3)CN(c3nc([C@H]5CCCN5)nc5c3CC(C)(C)CC5)CCO4)ccc2[nH]1. The maximum absolute atomic E-state index is 6.26. The molecule has 38 heavy (non-hydrogen) atoms. The molecule has 3 aliphatic rings. The molecule has 0 unspecified atom stereocenters. The van der Waals surface area contributed by atoms with Crippen molar-refractivity contribution in [3.8, 4) is 16.9 Å². The van der Waals surface area contributed by atoms with Crippen molar-refractivity contribution in [2.45, 2.75) is 65.5 Å². The molecule has 4 heterocycles. The summed E-state index contributed by atoms with van der Waals surface area (Å²) < 4.78 is 6.26. The van der Waals surface area contributed by atoms with E-state index in [9.17, 15) is 0 Å². The number of ether oxygens (including phenoxy) is 1. The smallest absolute Gasteiger partial charge is 0.147 e. The minimum atomic E-state index is 0.259. The fraction of sp³-hybridized carbons (Fsp3) is 0.452. The van der Waals surface area contributed by atoms with Crippen LogP contribution in [0, 0.1) is 12.3 Å². The normalized spacial score (nSPS) is 20.6. The van der Waals surface area contributed by atoms with E-state index >= 15 is 0 Å². The molecule has 196 valence electrons. The van der Waals surface area contributed by atoms with Gasteiger partial charge in [0.2, 0.25) is 0 Å². The molecule has 2 aliphatic heterocycles. The van der Waals surface area contributed by atoms with E-state index in [1.165, 1.54) is 40.8 Å². The molecule has 7 heteroatoms. The van der Waals surface area contributed by atoms with Gasteiger partial charge in [-0.25, -0.2) is 15.0 Å². The van der Waals surface area contributed by atoms with Gasteiger partial charge in [-0.3, -0.25) is 0 Å². The average molecular weight is 509 g/mol. The third kappa shape index (κ3) is 4.33. The van der Waals surface area contributed by atoms with Gasteiger partial charge < -0.3 is 19.9 Å². The number of nitrogens with one attached hydrogen (secondary N) is 2. The van der Waals surface area contributed by atoms with Gasteiger partial charge >= 0.3 is 0 Å². The summed E-state index contributed by atoms with van der Waals surface area (Å²) in [6.45, 7) is 10.0. The number of nitrogens with zero attached hydrogens (tertiary/aromatic N) is 4. The fourth-order valence-corrected chi connectivity index (χ4v) is 6.34. The van der Waals surface area contributed by atoms with E-state index in [1.807, 2.05) is 6.92 Å². The van der Waals surface area contributed by atoms with Crippen LogP contribution in [0.2, 0.25) is 0 Å². The number of fused-ring (bicyclic) bond motifs is 3. The van der Waals surface area contributed by atoms with E-state index in [0.29, 0.717) is 6.61 Å². The van der Waals surface area contributed by atoms with Crippen molar-refractivity contribution in [1.29, 1.82) is 0 Å². The summed E-state index contributed by atoms with van der Waals surface area (Å²) in [5, 5.41) is 3.62. The fourth-order valence-electron chi connectivity index (χ4n) is 6.34. The molecule has 7 rings (SSSR count). The average Bonchev–Trinajstić information content (AvgIpc) is 3.51. The van der Waals surface area contributed by atoms with Gasteiger partial charge in [-0.2, -0.15) is 0 Å². The molecular weight excluding hydrogens is 472 g/mol. The molecule has 0 bridgehead atoms. The monoisotopic (exact) mass is 508 g/mol. The first kappa shape index (κ1) is 23.7. The predicted molar refractivity (Wildman–Crippen MR) is 151 cm³/mol. The number of imidazole rings is 1. The Morgan fingerprint density at radius 1 is 1.05 bits per heavy atom. The highest BCUT2D eigenvalue weighted by atomic mass is 16.5. The second-order valence-electron chi connectivity index (χ2n) is 12.0. The summed E-state index contributed by atoms with van der Waals surface area (Å²) in [7, 11) is 0. The third-order valence-corrected chi connectivity index (χ3v) is 8.43. The van der Waals surface area contributed by atoms with Crippen LogP contribution in [0.4, 0.5) is 5.82 Å². The van der Waals surface area contributed by atoms with Crippen LogP contribution in [0.3, 0.4) is 0 Å². The summed E-state index contributed by atoms with van der Waals surface area (Å²) in [5.41, 5.74) is 8.45. The van der Waals surface area contributed by atoms with Crippen LogP contribution in [-0.4, -0.2) is 39.6 Å². The van der Waals surface area contributed by atoms with Gasteiger partial charge in [-0.15, -0.1) is 0 Å². The molecule has 0 amide bonds. The van der Waals surface area contributed by atoms with Gasteiger partial charge in [0.1, 0.15) is 29.8 Å². The second kappa shape index (κ2) is 9.09. The molecule has 2 N–H and O–H groups in total. The predicted octanol–water partition coefficient (Wildman–Crippen LogP) is 5.67. The van der Waals surface area contributed by atoms with Gasteiger partial charge in [-0.1, -0.05) is 26.0 Å². The summed E-state index contributed by atoms with van der Waals surface area (Å²) in [6, 6.07) is 13.3. The first-order valence-electron chi connectivity index (χ1n) is 14.0. The Balaban J connectivity index is 1.27. The first-order chi connectivity index (χ1) is 18.4. The number of H-pyrrole nitrogens is 1. The minimum absolute atomic E-state index is 0.259. The van der Waals surface area contributed by atoms with Gasteiger partial charge in [0.25, 0.3) is 0 Å². The molecule has 2 aromatic carbocycles. The quantitative estimate of drug-likeness (QED) is 0.371. The number of rotatable bonds is 3. The summed E-state index contributed by atoms with van der Waals surface area (Å²) in [5.74, 6) is 3.99. The standard InChI is InChI=1S/C31H36N6O/c1-19-33-25-8-6-21(16-27(25)34-19)20-7-9-28-22(15-20)18-37(13-14-38-28)30-23-17-31(2,3)11-10-24(23)35-29(36-30)26-5-4-12-32-26/h6-9,15-16,26,32H,4-5,10-14,17-18H2,1-3H3,(H,33,34)/t26-/m1/s1. The molecule has 1 saturated heterocycles. The Morgan fingerprint density at radius 2 is 1.92 bits per heavy atom. The Morgan fingerprint density at radius 3 is 2.79 bits per heavy atom. The number of hydrogen-bond acceptors (Lipinski definition) is 6. The van der Waals surface area contributed by atoms with E-state index in [2.05, 4.69) is 70.4 Å². The number of aromatic nitrogens is 4. The van der Waals surface area contributed by atoms with Crippen LogP contribution in [-0.2, 0) is 19.4 Å². The summed E-state index contributed by atoms with van der Waals surface area (Å²) in [4.78, 5) is 20.8. The van der Waals surface area contributed by atoms with Crippen LogP contribution in [0.5, 0.6) is 5.75 Å². The molecule has 1 fully saturated rings. The number of anilines is 1. The molecule has 2 aromatic heterocycles. The Labute approximate surface area is 224 Å². The summed E-state index contributed by atoms with van der Waals surface area (Å²) >= 11 is 0. The van der Waals surface area contributed by atoms with E-state index in [1.54, 1.807) is 0 Å². The number of hydrogen-bond donors (Lipinski definition) is 2. The van der Waals surface area contributed by atoms with Crippen molar-refractivity contribution in [2.24, 2.45) is 5.41 Å². The zero-order valence-corrected chi connectivity index (χ0v) is 22.6. The zero-order chi connectivity index (χ0) is 25.9. The van der Waals surface area contributed by atoms with Crippen LogP contribution in [0.15, 0.2) is 36.4 Å². The largest absolute Gasteiger partial charge is 0.491 e. The van der Waals surface area contributed by atoms with E-state index < -0.39 is 0 Å².